The van der Waals surface area contributed by atoms with Gasteiger partial charge in [-0.2, -0.15) is 0 Å². The van der Waals surface area contributed by atoms with Crippen molar-refractivity contribution in [2.45, 2.75) is 25.3 Å². The fraction of sp³-hybridized carbons (Fsp3) is 0.917. The molecule has 2 rings (SSSR count). The maximum Gasteiger partial charge on any atom is 0.228 e. The van der Waals surface area contributed by atoms with E-state index in [1.807, 2.05) is 0 Å². The number of piperidine rings is 1. The van der Waals surface area contributed by atoms with E-state index in [2.05, 4.69) is 10.6 Å². The second kappa shape index (κ2) is 5.76. The molecule has 1 amide bonds. The lowest BCUT2D eigenvalue weighted by atomic mass is 9.78. The van der Waals surface area contributed by atoms with E-state index in [9.17, 15) is 13.2 Å². The van der Waals surface area contributed by atoms with Crippen molar-refractivity contribution in [3.05, 3.63) is 0 Å². The van der Waals surface area contributed by atoms with Gasteiger partial charge < -0.3 is 15.4 Å². The summed E-state index contributed by atoms with van der Waals surface area (Å²) < 4.78 is 28.0. The van der Waals surface area contributed by atoms with Crippen molar-refractivity contribution in [2.75, 3.05) is 38.3 Å². The van der Waals surface area contributed by atoms with Crippen molar-refractivity contribution >= 4 is 15.7 Å². The molecule has 19 heavy (non-hydrogen) atoms. The zero-order valence-corrected chi connectivity index (χ0v) is 12.1. The molecule has 110 valence electrons. The highest BCUT2D eigenvalue weighted by atomic mass is 32.2. The van der Waals surface area contributed by atoms with Gasteiger partial charge in [-0.15, -0.1) is 0 Å². The molecular formula is C12H22N2O4S. The summed E-state index contributed by atoms with van der Waals surface area (Å²) >= 11 is 0. The van der Waals surface area contributed by atoms with Gasteiger partial charge in [-0.1, -0.05) is 0 Å². The van der Waals surface area contributed by atoms with Gasteiger partial charge >= 0.3 is 0 Å². The van der Waals surface area contributed by atoms with Crippen LogP contribution in [0.1, 0.15) is 19.3 Å². The third-order valence-corrected chi connectivity index (χ3v) is 5.80. The van der Waals surface area contributed by atoms with Crippen LogP contribution in [0.5, 0.6) is 0 Å². The molecule has 2 N–H and O–H groups in total. The third-order valence-electron chi connectivity index (χ3n) is 4.03. The lowest BCUT2D eigenvalue weighted by Gasteiger charge is -2.36. The summed E-state index contributed by atoms with van der Waals surface area (Å²) in [6, 6.07) is -0.235. The predicted molar refractivity (Wildman–Crippen MR) is 71.6 cm³/mol. The van der Waals surface area contributed by atoms with Crippen molar-refractivity contribution in [2.24, 2.45) is 5.41 Å². The smallest absolute Gasteiger partial charge is 0.228 e. The zero-order valence-electron chi connectivity index (χ0n) is 11.3. The van der Waals surface area contributed by atoms with Crippen LogP contribution in [0.15, 0.2) is 0 Å². The van der Waals surface area contributed by atoms with Crippen molar-refractivity contribution in [3.63, 3.8) is 0 Å². The first-order chi connectivity index (χ1) is 8.97. The average Bonchev–Trinajstić information content (AvgIpc) is 2.70. The lowest BCUT2D eigenvalue weighted by molar-refractivity contribution is -0.136. The fourth-order valence-corrected chi connectivity index (χ4v) is 4.54. The number of carbonyl (C=O) groups is 1. The molecule has 2 heterocycles. The Kier molecular flexibility index (Phi) is 4.47. The van der Waals surface area contributed by atoms with Gasteiger partial charge in [0.2, 0.25) is 5.91 Å². The van der Waals surface area contributed by atoms with Crippen LogP contribution in [-0.2, 0) is 19.4 Å². The highest BCUT2D eigenvalue weighted by molar-refractivity contribution is 7.91. The number of hydrogen-bond acceptors (Lipinski definition) is 5. The van der Waals surface area contributed by atoms with E-state index in [1.54, 1.807) is 7.11 Å². The SMILES string of the molecule is COCC1(C(=O)NC2CCS(=O)(=O)C2)CCNCC1. The third kappa shape index (κ3) is 3.46. The Morgan fingerprint density at radius 2 is 2.11 bits per heavy atom. The molecule has 0 radical (unpaired) electrons. The molecule has 0 aromatic heterocycles. The van der Waals surface area contributed by atoms with Crippen LogP contribution >= 0.6 is 0 Å². The number of sulfone groups is 1. The normalized spacial score (nSPS) is 29.0. The summed E-state index contributed by atoms with van der Waals surface area (Å²) in [5.41, 5.74) is -0.508. The molecule has 0 spiro atoms. The number of amides is 1. The standard InChI is InChI=1S/C12H22N2O4S/c1-18-9-12(3-5-13-6-4-12)11(15)14-10-2-7-19(16,17)8-10/h10,13H,2-9H2,1H3,(H,14,15). The van der Waals surface area contributed by atoms with E-state index in [0.717, 1.165) is 25.9 Å². The Bertz CT molecular complexity index is 424. The van der Waals surface area contributed by atoms with Crippen LogP contribution in [-0.4, -0.2) is 58.7 Å². The van der Waals surface area contributed by atoms with Crippen molar-refractivity contribution in [3.8, 4) is 0 Å². The Balaban J connectivity index is 2.00. The average molecular weight is 290 g/mol. The van der Waals surface area contributed by atoms with Gasteiger partial charge in [0.15, 0.2) is 9.84 Å². The summed E-state index contributed by atoms with van der Waals surface area (Å²) in [5, 5.41) is 6.13. The molecule has 0 bridgehead atoms. The van der Waals surface area contributed by atoms with Crippen LogP contribution in [0, 0.1) is 5.41 Å². The number of hydrogen-bond donors (Lipinski definition) is 2. The second-order valence-electron chi connectivity index (χ2n) is 5.54. The van der Waals surface area contributed by atoms with Crippen LogP contribution in [0.3, 0.4) is 0 Å². The second-order valence-corrected chi connectivity index (χ2v) is 7.77. The molecule has 0 saturated carbocycles. The van der Waals surface area contributed by atoms with E-state index >= 15 is 0 Å². The molecule has 0 aromatic carbocycles. The van der Waals surface area contributed by atoms with Crippen molar-refractivity contribution in [1.82, 2.24) is 10.6 Å². The minimum atomic E-state index is -2.96. The Labute approximate surface area is 114 Å². The zero-order chi connectivity index (χ0) is 13.9. The first kappa shape index (κ1) is 14.7. The van der Waals surface area contributed by atoms with E-state index in [1.165, 1.54) is 0 Å². The molecule has 0 aliphatic carbocycles. The summed E-state index contributed by atoms with van der Waals surface area (Å²) in [6.45, 7) is 1.97. The van der Waals surface area contributed by atoms with Crippen molar-refractivity contribution < 1.29 is 17.9 Å². The number of nitrogens with one attached hydrogen (secondary N) is 2. The van der Waals surface area contributed by atoms with Gasteiger partial charge in [0.1, 0.15) is 0 Å². The summed E-state index contributed by atoms with van der Waals surface area (Å²) in [7, 11) is -1.37. The highest BCUT2D eigenvalue weighted by Gasteiger charge is 2.41. The molecule has 2 aliphatic rings. The molecule has 7 heteroatoms. The Hall–Kier alpha value is -0.660. The van der Waals surface area contributed by atoms with Gasteiger partial charge in [0.05, 0.1) is 23.5 Å². The Morgan fingerprint density at radius 3 is 2.63 bits per heavy atom. The van der Waals surface area contributed by atoms with E-state index in [4.69, 9.17) is 4.74 Å². The lowest BCUT2D eigenvalue weighted by Crippen LogP contribution is -2.52. The van der Waals surface area contributed by atoms with Gasteiger partial charge in [0.25, 0.3) is 0 Å². The largest absolute Gasteiger partial charge is 0.384 e. The summed E-state index contributed by atoms with van der Waals surface area (Å²) in [5.74, 6) is 0.189. The van der Waals surface area contributed by atoms with Gasteiger partial charge in [-0.3, -0.25) is 4.79 Å². The van der Waals surface area contributed by atoms with Crippen LogP contribution in [0.4, 0.5) is 0 Å². The van der Waals surface area contributed by atoms with Crippen LogP contribution < -0.4 is 10.6 Å². The fourth-order valence-electron chi connectivity index (χ4n) is 2.87. The monoisotopic (exact) mass is 290 g/mol. The van der Waals surface area contributed by atoms with E-state index in [-0.39, 0.29) is 23.5 Å². The van der Waals surface area contributed by atoms with Crippen LogP contribution in [0.25, 0.3) is 0 Å². The molecule has 2 aliphatic heterocycles. The molecule has 2 saturated heterocycles. The number of carbonyl (C=O) groups excluding carboxylic acids is 1. The Morgan fingerprint density at radius 1 is 1.42 bits per heavy atom. The molecule has 1 atom stereocenters. The number of rotatable bonds is 4. The first-order valence-corrected chi connectivity index (χ1v) is 8.51. The minimum absolute atomic E-state index is 0.0575. The number of methoxy groups -OCH3 is 1. The molecule has 1 unspecified atom stereocenters. The van der Waals surface area contributed by atoms with Gasteiger partial charge in [0, 0.05) is 13.2 Å². The van der Waals surface area contributed by atoms with Gasteiger partial charge in [-0.25, -0.2) is 8.42 Å². The maximum atomic E-state index is 12.5. The molecule has 6 nitrogen and oxygen atoms in total. The van der Waals surface area contributed by atoms with E-state index < -0.39 is 15.3 Å². The topological polar surface area (TPSA) is 84.5 Å². The predicted octanol–water partition coefficient (Wildman–Crippen LogP) is -0.694. The first-order valence-electron chi connectivity index (χ1n) is 6.68. The molecule has 2 fully saturated rings. The molecular weight excluding hydrogens is 268 g/mol. The maximum absolute atomic E-state index is 12.5. The van der Waals surface area contributed by atoms with Crippen LogP contribution in [0.2, 0.25) is 0 Å². The highest BCUT2D eigenvalue weighted by Crippen LogP contribution is 2.30. The van der Waals surface area contributed by atoms with Gasteiger partial charge in [-0.05, 0) is 32.4 Å². The summed E-state index contributed by atoms with van der Waals surface area (Å²) in [6.07, 6.45) is 1.98. The quantitative estimate of drug-likeness (QED) is 0.716. The number of ether oxygens (including phenoxy) is 1. The van der Waals surface area contributed by atoms with E-state index in [0.29, 0.717) is 13.0 Å². The minimum Gasteiger partial charge on any atom is -0.384 e. The molecule has 0 aromatic rings. The summed E-state index contributed by atoms with van der Waals surface area (Å²) in [4.78, 5) is 12.5. The van der Waals surface area contributed by atoms with Crippen molar-refractivity contribution in [1.29, 1.82) is 0 Å².